The average Bonchev–Trinajstić information content (AvgIpc) is 2.64. The second-order valence-corrected chi connectivity index (χ2v) is 6.95. The van der Waals surface area contributed by atoms with Gasteiger partial charge in [0.1, 0.15) is 11.5 Å². The van der Waals surface area contributed by atoms with Gasteiger partial charge in [-0.05, 0) is 20.8 Å². The van der Waals surface area contributed by atoms with E-state index in [9.17, 15) is 4.79 Å². The summed E-state index contributed by atoms with van der Waals surface area (Å²) in [6, 6.07) is -0.390. The van der Waals surface area contributed by atoms with Gasteiger partial charge in [-0.15, -0.1) is 6.42 Å². The Morgan fingerprint density at radius 3 is 2.33 bits per heavy atom. The summed E-state index contributed by atoms with van der Waals surface area (Å²) in [5.41, 5.74) is 6.93. The van der Waals surface area contributed by atoms with Crippen molar-refractivity contribution in [3.05, 3.63) is 5.69 Å². The van der Waals surface area contributed by atoms with E-state index in [0.29, 0.717) is 11.5 Å². The number of carbonyl (C=O) groups excluding carboxylic acids is 1. The molecule has 0 aliphatic heterocycles. The number of amides is 2. The summed E-state index contributed by atoms with van der Waals surface area (Å²) in [5, 5.41) is 9.91. The quantitative estimate of drug-likeness (QED) is 0.731. The molecule has 116 valence electrons. The molecule has 0 saturated heterocycles. The number of anilines is 2. The Morgan fingerprint density at radius 1 is 1.33 bits per heavy atom. The number of nitrogens with two attached hydrogens (primary N) is 1. The Balaban J connectivity index is 3.26. The van der Waals surface area contributed by atoms with E-state index in [0.717, 1.165) is 5.69 Å². The highest BCUT2D eigenvalue weighted by Gasteiger charge is 2.30. The van der Waals surface area contributed by atoms with Crippen LogP contribution in [-0.4, -0.2) is 22.4 Å². The van der Waals surface area contributed by atoms with E-state index >= 15 is 0 Å². The van der Waals surface area contributed by atoms with Gasteiger partial charge in [-0.1, -0.05) is 26.7 Å². The fourth-order valence-corrected chi connectivity index (χ4v) is 1.88. The molecular weight excluding hydrogens is 266 g/mol. The lowest BCUT2D eigenvalue weighted by molar-refractivity contribution is 0.253. The molecule has 2 amide bonds. The van der Waals surface area contributed by atoms with Gasteiger partial charge in [0.15, 0.2) is 0 Å². The molecule has 1 rings (SSSR count). The van der Waals surface area contributed by atoms with Crippen molar-refractivity contribution in [1.82, 2.24) is 15.1 Å². The molecule has 4 N–H and O–H groups in total. The molecule has 0 aliphatic rings. The molecule has 6 nitrogen and oxygen atoms in total. The van der Waals surface area contributed by atoms with Crippen LogP contribution in [0, 0.1) is 12.3 Å². The number of nitrogen functional groups attached to an aromatic ring is 1. The fourth-order valence-electron chi connectivity index (χ4n) is 1.88. The molecule has 0 aromatic carbocycles. The van der Waals surface area contributed by atoms with E-state index in [-0.39, 0.29) is 17.5 Å². The summed E-state index contributed by atoms with van der Waals surface area (Å²) >= 11 is 0. The Bertz CT molecular complexity index is 567. The van der Waals surface area contributed by atoms with Gasteiger partial charge < -0.3 is 16.4 Å². The van der Waals surface area contributed by atoms with Crippen LogP contribution in [0.1, 0.15) is 47.2 Å². The van der Waals surface area contributed by atoms with Crippen molar-refractivity contribution in [3.63, 3.8) is 0 Å². The first kappa shape index (κ1) is 16.9. The molecule has 6 heteroatoms. The minimum Gasteiger partial charge on any atom is -0.382 e. The first-order chi connectivity index (χ1) is 9.48. The molecule has 1 heterocycles. The van der Waals surface area contributed by atoms with Crippen LogP contribution in [0.2, 0.25) is 0 Å². The van der Waals surface area contributed by atoms with Crippen LogP contribution in [0.4, 0.5) is 16.3 Å². The van der Waals surface area contributed by atoms with Crippen LogP contribution in [0.3, 0.4) is 0 Å². The normalized spacial score (nSPS) is 11.9. The lowest BCUT2D eigenvalue weighted by atomic mass is 9.91. The first-order valence-corrected chi connectivity index (χ1v) is 6.86. The predicted molar refractivity (Wildman–Crippen MR) is 86.2 cm³/mol. The van der Waals surface area contributed by atoms with Crippen molar-refractivity contribution >= 4 is 17.5 Å². The smallest absolute Gasteiger partial charge is 0.320 e. The maximum atomic E-state index is 11.9. The zero-order valence-electron chi connectivity index (χ0n) is 13.7. The monoisotopic (exact) mass is 291 g/mol. The van der Waals surface area contributed by atoms with E-state index < -0.39 is 6.03 Å². The Labute approximate surface area is 126 Å². The average molecular weight is 291 g/mol. The molecule has 0 saturated carbocycles. The van der Waals surface area contributed by atoms with Crippen molar-refractivity contribution in [2.45, 2.75) is 52.5 Å². The van der Waals surface area contributed by atoms with Crippen molar-refractivity contribution in [1.29, 1.82) is 0 Å². The van der Waals surface area contributed by atoms with Crippen LogP contribution < -0.4 is 16.4 Å². The highest BCUT2D eigenvalue weighted by atomic mass is 16.2. The standard InChI is InChI=1S/C15H25N5O/c1-8-9-17-13(21)18-10-11(14(2,3)4)19-20(12(10)16)15(5,6)7/h1H,9,16H2,2-7H3,(H2,17,18,21). The van der Waals surface area contributed by atoms with Gasteiger partial charge in [0.05, 0.1) is 17.8 Å². The fraction of sp³-hybridized carbons (Fsp3) is 0.600. The van der Waals surface area contributed by atoms with Gasteiger partial charge in [0.25, 0.3) is 0 Å². The van der Waals surface area contributed by atoms with E-state index in [2.05, 4.69) is 21.7 Å². The largest absolute Gasteiger partial charge is 0.382 e. The highest BCUT2D eigenvalue weighted by molar-refractivity contribution is 5.93. The summed E-state index contributed by atoms with van der Waals surface area (Å²) in [4.78, 5) is 11.9. The van der Waals surface area contributed by atoms with E-state index in [4.69, 9.17) is 12.2 Å². The van der Waals surface area contributed by atoms with Crippen molar-refractivity contribution in [3.8, 4) is 12.3 Å². The summed E-state index contributed by atoms with van der Waals surface area (Å²) in [7, 11) is 0. The molecule has 0 atom stereocenters. The number of nitrogens with one attached hydrogen (secondary N) is 2. The van der Waals surface area contributed by atoms with Crippen molar-refractivity contribution in [2.24, 2.45) is 0 Å². The number of nitrogens with zero attached hydrogens (tertiary/aromatic N) is 2. The first-order valence-electron chi connectivity index (χ1n) is 6.86. The summed E-state index contributed by atoms with van der Waals surface area (Å²) in [6.45, 7) is 12.2. The number of rotatable bonds is 2. The van der Waals surface area contributed by atoms with Crippen molar-refractivity contribution in [2.75, 3.05) is 17.6 Å². The van der Waals surface area contributed by atoms with Crippen LogP contribution >= 0.6 is 0 Å². The Kier molecular flexibility index (Phi) is 4.57. The second kappa shape index (κ2) is 5.68. The summed E-state index contributed by atoms with van der Waals surface area (Å²) in [6.07, 6.45) is 5.13. The molecule has 0 bridgehead atoms. The predicted octanol–water partition coefficient (Wildman–Crippen LogP) is 2.27. The number of terminal acetylenes is 1. The molecule has 0 fully saturated rings. The van der Waals surface area contributed by atoms with Gasteiger partial charge in [-0.3, -0.25) is 0 Å². The molecule has 0 spiro atoms. The lowest BCUT2D eigenvalue weighted by Gasteiger charge is -2.21. The van der Waals surface area contributed by atoms with Crippen LogP contribution in [0.25, 0.3) is 0 Å². The maximum absolute atomic E-state index is 11.9. The molecule has 21 heavy (non-hydrogen) atoms. The number of hydrogen-bond acceptors (Lipinski definition) is 3. The molecule has 0 aliphatic carbocycles. The van der Waals surface area contributed by atoms with Gasteiger partial charge >= 0.3 is 6.03 Å². The van der Waals surface area contributed by atoms with Crippen LogP contribution in [0.15, 0.2) is 0 Å². The molecule has 1 aromatic heterocycles. The third-order valence-electron chi connectivity index (χ3n) is 2.86. The second-order valence-electron chi connectivity index (χ2n) is 6.95. The van der Waals surface area contributed by atoms with Gasteiger partial charge in [0, 0.05) is 5.41 Å². The number of carbonyl (C=O) groups is 1. The molecule has 0 radical (unpaired) electrons. The zero-order chi connectivity index (χ0) is 16.4. The maximum Gasteiger partial charge on any atom is 0.320 e. The summed E-state index contributed by atoms with van der Waals surface area (Å²) < 4.78 is 1.73. The van der Waals surface area contributed by atoms with Crippen molar-refractivity contribution < 1.29 is 4.79 Å². The van der Waals surface area contributed by atoms with E-state index in [1.54, 1.807) is 4.68 Å². The van der Waals surface area contributed by atoms with Gasteiger partial charge in [-0.25, -0.2) is 9.48 Å². The minimum absolute atomic E-state index is 0.157. The topological polar surface area (TPSA) is 85.0 Å². The summed E-state index contributed by atoms with van der Waals surface area (Å²) in [5.74, 6) is 2.78. The third-order valence-corrected chi connectivity index (χ3v) is 2.86. The molecule has 0 unspecified atom stereocenters. The lowest BCUT2D eigenvalue weighted by Crippen LogP contribution is -2.30. The Hall–Kier alpha value is -2.16. The number of urea groups is 1. The van der Waals surface area contributed by atoms with E-state index in [1.807, 2.05) is 41.5 Å². The zero-order valence-corrected chi connectivity index (χ0v) is 13.7. The van der Waals surface area contributed by atoms with E-state index in [1.165, 1.54) is 0 Å². The van der Waals surface area contributed by atoms with Crippen LogP contribution in [0.5, 0.6) is 0 Å². The molecular formula is C15H25N5O. The number of hydrogen-bond donors (Lipinski definition) is 3. The van der Waals surface area contributed by atoms with Gasteiger partial charge in [0.2, 0.25) is 0 Å². The Morgan fingerprint density at radius 2 is 1.90 bits per heavy atom. The minimum atomic E-state index is -0.390. The third kappa shape index (κ3) is 3.91. The van der Waals surface area contributed by atoms with Gasteiger partial charge in [-0.2, -0.15) is 5.10 Å². The van der Waals surface area contributed by atoms with Crippen LogP contribution in [-0.2, 0) is 11.0 Å². The molecule has 1 aromatic rings. The SMILES string of the molecule is C#CCNC(=O)Nc1c(C(C)(C)C)nn(C(C)(C)C)c1N. The number of aromatic nitrogens is 2. The highest BCUT2D eigenvalue weighted by Crippen LogP contribution is 2.35.